The van der Waals surface area contributed by atoms with Gasteiger partial charge >= 0.3 is 0 Å². The van der Waals surface area contributed by atoms with Gasteiger partial charge in [-0.25, -0.2) is 0 Å². The Balaban J connectivity index is 3.28. The summed E-state index contributed by atoms with van der Waals surface area (Å²) in [6, 6.07) is 2.07. The van der Waals surface area contributed by atoms with Gasteiger partial charge in [0.1, 0.15) is 0 Å². The van der Waals surface area contributed by atoms with Crippen molar-refractivity contribution in [1.29, 1.82) is 5.26 Å². The van der Waals surface area contributed by atoms with Gasteiger partial charge in [0.15, 0.2) is 0 Å². The van der Waals surface area contributed by atoms with Gasteiger partial charge in [-0.1, -0.05) is 18.2 Å². The zero-order valence-corrected chi connectivity index (χ0v) is 7.95. The summed E-state index contributed by atoms with van der Waals surface area (Å²) in [7, 11) is 0. The number of allylic oxidation sites excluding steroid dienone is 2. The number of rotatable bonds is 7. The normalized spacial score (nSPS) is 12.6. The topological polar surface area (TPSA) is 44.0 Å². The van der Waals surface area contributed by atoms with Crippen LogP contribution in [0.3, 0.4) is 0 Å². The first-order valence-corrected chi connectivity index (χ1v) is 4.62. The molecule has 0 fully saturated rings. The summed E-state index contributed by atoms with van der Waals surface area (Å²) < 4.78 is 0. The molecule has 13 heavy (non-hydrogen) atoms. The first kappa shape index (κ1) is 11.9. The Labute approximate surface area is 80.2 Å². The highest BCUT2D eigenvalue weighted by Crippen LogP contribution is 2.03. The van der Waals surface area contributed by atoms with Crippen LogP contribution in [0.2, 0.25) is 0 Å². The first-order chi connectivity index (χ1) is 6.31. The zero-order valence-electron chi connectivity index (χ0n) is 7.95. The molecule has 0 bridgehead atoms. The average Bonchev–Trinajstić information content (AvgIpc) is 2.11. The number of aliphatic hydroxyl groups is 1. The van der Waals surface area contributed by atoms with Gasteiger partial charge in [0.2, 0.25) is 0 Å². The Morgan fingerprint density at radius 1 is 1.38 bits per heavy atom. The van der Waals surface area contributed by atoms with E-state index in [-0.39, 0.29) is 6.10 Å². The maximum absolute atomic E-state index is 9.29. The molecule has 0 spiro atoms. The highest BCUT2D eigenvalue weighted by Gasteiger charge is 1.97. The summed E-state index contributed by atoms with van der Waals surface area (Å²) in [6.45, 7) is 3.56. The number of hydrogen-bond donors (Lipinski definition) is 1. The van der Waals surface area contributed by atoms with Crippen LogP contribution in [0.1, 0.15) is 32.1 Å². The van der Waals surface area contributed by atoms with E-state index >= 15 is 0 Å². The molecule has 1 atom stereocenters. The van der Waals surface area contributed by atoms with Gasteiger partial charge in [-0.3, -0.25) is 0 Å². The van der Waals surface area contributed by atoms with Crippen LogP contribution in [0, 0.1) is 11.3 Å². The molecular formula is C11H17NO. The third kappa shape index (κ3) is 8.84. The molecule has 0 saturated heterocycles. The van der Waals surface area contributed by atoms with Crippen molar-refractivity contribution >= 4 is 0 Å². The second-order valence-corrected chi connectivity index (χ2v) is 2.92. The number of unbranched alkanes of at least 4 members (excludes halogenated alkanes) is 1. The number of nitrogens with zero attached hydrogens (tertiary/aromatic N) is 1. The Morgan fingerprint density at radius 2 is 2.08 bits per heavy atom. The SMILES string of the molecule is C=CCC(O)CCC=CCCC#N. The van der Waals surface area contributed by atoms with Gasteiger partial charge in [0.05, 0.1) is 12.2 Å². The predicted molar refractivity (Wildman–Crippen MR) is 54.0 cm³/mol. The van der Waals surface area contributed by atoms with Crippen LogP contribution in [-0.4, -0.2) is 11.2 Å². The number of hydrogen-bond acceptors (Lipinski definition) is 2. The molecule has 1 N–H and O–H groups in total. The van der Waals surface area contributed by atoms with E-state index in [0.29, 0.717) is 12.8 Å². The van der Waals surface area contributed by atoms with Crippen molar-refractivity contribution in [3.05, 3.63) is 24.8 Å². The average molecular weight is 179 g/mol. The summed E-state index contributed by atoms with van der Waals surface area (Å²) in [6.07, 6.45) is 9.16. The van der Waals surface area contributed by atoms with Crippen molar-refractivity contribution in [3.8, 4) is 6.07 Å². The van der Waals surface area contributed by atoms with Crippen molar-refractivity contribution in [3.63, 3.8) is 0 Å². The molecule has 0 aromatic rings. The van der Waals surface area contributed by atoms with E-state index in [0.717, 1.165) is 19.3 Å². The summed E-state index contributed by atoms with van der Waals surface area (Å²) >= 11 is 0. The second-order valence-electron chi connectivity index (χ2n) is 2.92. The Bertz CT molecular complexity index is 191. The largest absolute Gasteiger partial charge is 0.393 e. The molecule has 72 valence electrons. The fourth-order valence-corrected chi connectivity index (χ4v) is 0.982. The second kappa shape index (κ2) is 9.02. The molecule has 0 aliphatic rings. The molecule has 0 aromatic carbocycles. The highest BCUT2D eigenvalue weighted by molar-refractivity contribution is 4.86. The van der Waals surface area contributed by atoms with Gasteiger partial charge < -0.3 is 5.11 Å². The molecule has 2 heteroatoms. The molecule has 1 unspecified atom stereocenters. The molecule has 0 heterocycles. The Morgan fingerprint density at radius 3 is 2.69 bits per heavy atom. The minimum atomic E-state index is -0.266. The lowest BCUT2D eigenvalue weighted by Gasteiger charge is -2.03. The first-order valence-electron chi connectivity index (χ1n) is 4.62. The van der Waals surface area contributed by atoms with Crippen molar-refractivity contribution in [2.75, 3.05) is 0 Å². The quantitative estimate of drug-likeness (QED) is 0.482. The molecule has 0 rings (SSSR count). The van der Waals surface area contributed by atoms with E-state index in [1.807, 2.05) is 12.2 Å². The zero-order chi connectivity index (χ0) is 9.94. The van der Waals surface area contributed by atoms with E-state index in [4.69, 9.17) is 5.26 Å². The fourth-order valence-electron chi connectivity index (χ4n) is 0.982. The number of nitriles is 1. The monoisotopic (exact) mass is 179 g/mol. The van der Waals surface area contributed by atoms with Crippen LogP contribution in [0.25, 0.3) is 0 Å². The molecule has 2 nitrogen and oxygen atoms in total. The highest BCUT2D eigenvalue weighted by atomic mass is 16.3. The number of aliphatic hydroxyl groups excluding tert-OH is 1. The lowest BCUT2D eigenvalue weighted by Crippen LogP contribution is -2.03. The molecule has 0 aliphatic heterocycles. The molecule has 0 radical (unpaired) electrons. The van der Waals surface area contributed by atoms with Gasteiger partial charge in [-0.15, -0.1) is 6.58 Å². The van der Waals surface area contributed by atoms with E-state index in [1.54, 1.807) is 6.08 Å². The molecule has 0 amide bonds. The van der Waals surface area contributed by atoms with Gasteiger partial charge in [-0.05, 0) is 25.7 Å². The standard InChI is InChI=1S/C11H17NO/c1-2-8-11(13)9-6-4-3-5-7-10-12/h2-4,11,13H,1,5-9H2. The van der Waals surface area contributed by atoms with Crippen molar-refractivity contribution in [2.45, 2.75) is 38.2 Å². The maximum Gasteiger partial charge on any atom is 0.0624 e. The van der Waals surface area contributed by atoms with Crippen LogP contribution < -0.4 is 0 Å². The van der Waals surface area contributed by atoms with Gasteiger partial charge in [-0.2, -0.15) is 5.26 Å². The molecule has 0 aliphatic carbocycles. The van der Waals surface area contributed by atoms with Crippen LogP contribution in [0.15, 0.2) is 24.8 Å². The lowest BCUT2D eigenvalue weighted by molar-refractivity contribution is 0.169. The van der Waals surface area contributed by atoms with Crippen molar-refractivity contribution in [2.24, 2.45) is 0 Å². The summed E-state index contributed by atoms with van der Waals surface area (Å²) in [5, 5.41) is 17.5. The molecule has 0 aromatic heterocycles. The lowest BCUT2D eigenvalue weighted by atomic mass is 10.1. The van der Waals surface area contributed by atoms with Crippen molar-refractivity contribution in [1.82, 2.24) is 0 Å². The minimum absolute atomic E-state index is 0.266. The van der Waals surface area contributed by atoms with E-state index in [2.05, 4.69) is 12.6 Å². The Hall–Kier alpha value is -1.07. The fraction of sp³-hybridized carbons (Fsp3) is 0.545. The van der Waals surface area contributed by atoms with E-state index in [9.17, 15) is 5.11 Å². The smallest absolute Gasteiger partial charge is 0.0624 e. The summed E-state index contributed by atoms with van der Waals surface area (Å²) in [5.74, 6) is 0. The van der Waals surface area contributed by atoms with Crippen LogP contribution in [0.5, 0.6) is 0 Å². The third-order valence-corrected chi connectivity index (χ3v) is 1.69. The minimum Gasteiger partial charge on any atom is -0.393 e. The molecular weight excluding hydrogens is 162 g/mol. The van der Waals surface area contributed by atoms with E-state index in [1.165, 1.54) is 0 Å². The van der Waals surface area contributed by atoms with E-state index < -0.39 is 0 Å². The Kier molecular flexibility index (Phi) is 8.28. The maximum atomic E-state index is 9.29. The van der Waals surface area contributed by atoms with Crippen LogP contribution >= 0.6 is 0 Å². The predicted octanol–water partition coefficient (Wildman–Crippen LogP) is 2.56. The molecule has 0 saturated carbocycles. The van der Waals surface area contributed by atoms with Gasteiger partial charge in [0, 0.05) is 6.42 Å². The van der Waals surface area contributed by atoms with Crippen LogP contribution in [-0.2, 0) is 0 Å². The third-order valence-electron chi connectivity index (χ3n) is 1.69. The van der Waals surface area contributed by atoms with Gasteiger partial charge in [0.25, 0.3) is 0 Å². The summed E-state index contributed by atoms with van der Waals surface area (Å²) in [4.78, 5) is 0. The van der Waals surface area contributed by atoms with Crippen LogP contribution in [0.4, 0.5) is 0 Å². The van der Waals surface area contributed by atoms with Crippen molar-refractivity contribution < 1.29 is 5.11 Å². The summed E-state index contributed by atoms with van der Waals surface area (Å²) in [5.41, 5.74) is 0.